The number of nitrogens with zero attached hydrogens (tertiary/aromatic N) is 5. The van der Waals surface area contributed by atoms with Gasteiger partial charge in [-0.15, -0.1) is 0 Å². The van der Waals surface area contributed by atoms with E-state index in [1.807, 2.05) is 0 Å². The Morgan fingerprint density at radius 3 is 2.64 bits per heavy atom. The van der Waals surface area contributed by atoms with Crippen molar-refractivity contribution in [2.75, 3.05) is 41.9 Å². The molecule has 1 aliphatic rings. The molecule has 3 heterocycles. The van der Waals surface area contributed by atoms with Gasteiger partial charge in [0, 0.05) is 30.7 Å². The summed E-state index contributed by atoms with van der Waals surface area (Å²) in [6.45, 7) is 2.01. The van der Waals surface area contributed by atoms with Crippen molar-refractivity contribution in [1.82, 2.24) is 15.0 Å². The molecule has 2 N–H and O–H groups in total. The number of nitrogens with one attached hydrogen (secondary N) is 2. The van der Waals surface area contributed by atoms with Gasteiger partial charge in [0.2, 0.25) is 5.95 Å². The van der Waals surface area contributed by atoms with Gasteiger partial charge in [0.05, 0.1) is 36.9 Å². The van der Waals surface area contributed by atoms with Crippen LogP contribution in [0.25, 0.3) is 0 Å². The Morgan fingerprint density at radius 2 is 1.85 bits per heavy atom. The lowest BCUT2D eigenvalue weighted by atomic mass is 10.2. The number of rotatable bonds is 6. The van der Waals surface area contributed by atoms with Gasteiger partial charge in [0.25, 0.3) is 0 Å². The van der Waals surface area contributed by atoms with Crippen molar-refractivity contribution in [3.05, 3.63) is 65.9 Å². The molecule has 0 aliphatic carbocycles. The van der Waals surface area contributed by atoms with Crippen molar-refractivity contribution in [2.24, 2.45) is 5.10 Å². The number of aromatic nitrogens is 3. The predicted octanol–water partition coefficient (Wildman–Crippen LogP) is 4.06. The van der Waals surface area contributed by atoms with E-state index in [0.29, 0.717) is 37.7 Å². The van der Waals surface area contributed by atoms with Crippen molar-refractivity contribution >= 4 is 29.4 Å². The van der Waals surface area contributed by atoms with E-state index in [-0.39, 0.29) is 17.5 Å². The molecule has 1 saturated heterocycles. The minimum absolute atomic E-state index is 0.104. The SMILES string of the molecule is Fc1cnc(N/N=C\c2cc(Nc3cccc(C(F)(F)F)c3)ccn2)nc1N1CCOCC1. The first-order valence-corrected chi connectivity index (χ1v) is 9.93. The highest BCUT2D eigenvalue weighted by Gasteiger charge is 2.30. The topological polar surface area (TPSA) is 87.6 Å². The summed E-state index contributed by atoms with van der Waals surface area (Å²) in [4.78, 5) is 13.9. The highest BCUT2D eigenvalue weighted by Crippen LogP contribution is 2.31. The van der Waals surface area contributed by atoms with Crippen LogP contribution in [0.4, 0.5) is 40.7 Å². The Bertz CT molecular complexity index is 1130. The number of halogens is 4. The third kappa shape index (κ3) is 5.92. The first kappa shape index (κ1) is 22.4. The molecule has 3 aromatic rings. The molecule has 1 aliphatic heterocycles. The zero-order chi connectivity index (χ0) is 23.3. The van der Waals surface area contributed by atoms with E-state index in [9.17, 15) is 17.6 Å². The van der Waals surface area contributed by atoms with Gasteiger partial charge in [0.1, 0.15) is 0 Å². The zero-order valence-corrected chi connectivity index (χ0v) is 17.2. The molecule has 1 aromatic carbocycles. The molecule has 4 rings (SSSR count). The summed E-state index contributed by atoms with van der Waals surface area (Å²) >= 11 is 0. The van der Waals surface area contributed by atoms with Gasteiger partial charge >= 0.3 is 6.18 Å². The van der Waals surface area contributed by atoms with Crippen LogP contribution in [0.2, 0.25) is 0 Å². The summed E-state index contributed by atoms with van der Waals surface area (Å²) in [5.41, 5.74) is 3.12. The number of alkyl halides is 3. The van der Waals surface area contributed by atoms with Gasteiger partial charge in [-0.1, -0.05) is 6.07 Å². The Balaban J connectivity index is 1.42. The molecule has 1 fully saturated rings. The molecule has 0 amide bonds. The average molecular weight is 461 g/mol. The fourth-order valence-corrected chi connectivity index (χ4v) is 3.10. The quantitative estimate of drug-likeness (QED) is 0.325. The maximum absolute atomic E-state index is 14.1. The van der Waals surface area contributed by atoms with Gasteiger partial charge in [-0.05, 0) is 30.3 Å². The van der Waals surface area contributed by atoms with Crippen LogP contribution in [0.1, 0.15) is 11.3 Å². The largest absolute Gasteiger partial charge is 0.416 e. The molecular formula is C21H19F4N7O. The van der Waals surface area contributed by atoms with E-state index < -0.39 is 17.6 Å². The van der Waals surface area contributed by atoms with E-state index in [4.69, 9.17) is 4.74 Å². The fourth-order valence-electron chi connectivity index (χ4n) is 3.10. The van der Waals surface area contributed by atoms with Crippen molar-refractivity contribution in [3.63, 3.8) is 0 Å². The number of hydrazone groups is 1. The van der Waals surface area contributed by atoms with Crippen LogP contribution in [0.15, 0.2) is 53.9 Å². The zero-order valence-electron chi connectivity index (χ0n) is 17.2. The molecule has 0 atom stereocenters. The first-order chi connectivity index (χ1) is 15.9. The highest BCUT2D eigenvalue weighted by atomic mass is 19.4. The molecule has 0 radical (unpaired) electrons. The Labute approximate surface area is 186 Å². The maximum Gasteiger partial charge on any atom is 0.416 e. The smallest absolute Gasteiger partial charge is 0.378 e. The molecule has 0 unspecified atom stereocenters. The second-order valence-electron chi connectivity index (χ2n) is 7.01. The fraction of sp³-hybridized carbons (Fsp3) is 0.238. The Hall–Kier alpha value is -3.80. The molecule has 2 aromatic heterocycles. The number of anilines is 4. The minimum Gasteiger partial charge on any atom is -0.378 e. The van der Waals surface area contributed by atoms with E-state index in [1.54, 1.807) is 17.0 Å². The summed E-state index contributed by atoms with van der Waals surface area (Å²) < 4.78 is 58.1. The van der Waals surface area contributed by atoms with E-state index in [2.05, 4.69) is 30.8 Å². The lowest BCUT2D eigenvalue weighted by Crippen LogP contribution is -2.37. The molecule has 0 saturated carbocycles. The summed E-state index contributed by atoms with van der Waals surface area (Å²) in [5.74, 6) is -0.273. The third-order valence-electron chi connectivity index (χ3n) is 4.66. The summed E-state index contributed by atoms with van der Waals surface area (Å²) in [6.07, 6.45) is -0.488. The van der Waals surface area contributed by atoms with Crippen LogP contribution in [0.5, 0.6) is 0 Å². The first-order valence-electron chi connectivity index (χ1n) is 9.93. The van der Waals surface area contributed by atoms with Crippen LogP contribution in [-0.2, 0) is 10.9 Å². The van der Waals surface area contributed by atoms with Crippen LogP contribution in [-0.4, -0.2) is 47.5 Å². The second kappa shape index (κ2) is 9.77. The molecule has 8 nitrogen and oxygen atoms in total. The normalized spacial score (nSPS) is 14.5. The van der Waals surface area contributed by atoms with E-state index >= 15 is 0 Å². The minimum atomic E-state index is -4.43. The number of ether oxygens (including phenoxy) is 1. The van der Waals surface area contributed by atoms with Crippen LogP contribution in [0, 0.1) is 5.82 Å². The molecule has 172 valence electrons. The number of hydrogen-bond donors (Lipinski definition) is 2. The van der Waals surface area contributed by atoms with Crippen LogP contribution >= 0.6 is 0 Å². The molecule has 0 spiro atoms. The van der Waals surface area contributed by atoms with Gasteiger partial charge in [-0.2, -0.15) is 23.3 Å². The summed E-state index contributed by atoms with van der Waals surface area (Å²) in [5, 5.41) is 6.93. The maximum atomic E-state index is 14.1. The number of hydrogen-bond acceptors (Lipinski definition) is 8. The lowest BCUT2D eigenvalue weighted by molar-refractivity contribution is -0.137. The Morgan fingerprint density at radius 1 is 1.06 bits per heavy atom. The lowest BCUT2D eigenvalue weighted by Gasteiger charge is -2.27. The van der Waals surface area contributed by atoms with Gasteiger partial charge < -0.3 is 15.0 Å². The highest BCUT2D eigenvalue weighted by molar-refractivity contribution is 5.79. The van der Waals surface area contributed by atoms with Crippen LogP contribution < -0.4 is 15.6 Å². The van der Waals surface area contributed by atoms with Crippen molar-refractivity contribution in [3.8, 4) is 0 Å². The van der Waals surface area contributed by atoms with Crippen molar-refractivity contribution in [2.45, 2.75) is 6.18 Å². The molecule has 33 heavy (non-hydrogen) atoms. The summed E-state index contributed by atoms with van der Waals surface area (Å²) in [7, 11) is 0. The second-order valence-corrected chi connectivity index (χ2v) is 7.01. The Kier molecular flexibility index (Phi) is 6.63. The van der Waals surface area contributed by atoms with E-state index in [1.165, 1.54) is 24.5 Å². The van der Waals surface area contributed by atoms with Crippen LogP contribution in [0.3, 0.4) is 0 Å². The standard InChI is InChI=1S/C21H19F4N7O/c22-18-13-27-20(30-19(18)32-6-8-33-9-7-32)31-28-12-17-11-16(4-5-26-17)29-15-3-1-2-14(10-15)21(23,24)25/h1-5,10-13H,6-9H2,(H,26,29)(H,27,30,31)/b28-12-. The predicted molar refractivity (Wildman–Crippen MR) is 115 cm³/mol. The average Bonchev–Trinajstić information content (AvgIpc) is 2.81. The molecule has 12 heteroatoms. The number of pyridine rings is 1. The monoisotopic (exact) mass is 461 g/mol. The number of morpholine rings is 1. The third-order valence-corrected chi connectivity index (χ3v) is 4.66. The molecular weight excluding hydrogens is 442 g/mol. The number of benzene rings is 1. The van der Waals surface area contributed by atoms with Crippen molar-refractivity contribution < 1.29 is 22.3 Å². The molecule has 0 bridgehead atoms. The van der Waals surface area contributed by atoms with Crippen molar-refractivity contribution in [1.29, 1.82) is 0 Å². The van der Waals surface area contributed by atoms with Gasteiger partial charge in [0.15, 0.2) is 11.6 Å². The van der Waals surface area contributed by atoms with Gasteiger partial charge in [-0.25, -0.2) is 14.8 Å². The summed E-state index contributed by atoms with van der Waals surface area (Å²) in [6, 6.07) is 8.10. The van der Waals surface area contributed by atoms with E-state index in [0.717, 1.165) is 18.3 Å². The van der Waals surface area contributed by atoms with Gasteiger partial charge in [-0.3, -0.25) is 4.98 Å².